The van der Waals surface area contributed by atoms with E-state index in [0.29, 0.717) is 25.4 Å². The molecule has 0 radical (unpaired) electrons. The molecule has 3 heterocycles. The average molecular weight is 498 g/mol. The van der Waals surface area contributed by atoms with Crippen LogP contribution in [0.5, 0.6) is 5.75 Å². The molecule has 188 valence electrons. The van der Waals surface area contributed by atoms with Crippen molar-refractivity contribution >= 4 is 11.6 Å². The first-order valence-corrected chi connectivity index (χ1v) is 11.8. The first kappa shape index (κ1) is 24.3. The monoisotopic (exact) mass is 497 g/mol. The summed E-state index contributed by atoms with van der Waals surface area (Å²) in [6.07, 6.45) is -2.02. The lowest BCUT2D eigenvalue weighted by atomic mass is 9.94. The highest BCUT2D eigenvalue weighted by molar-refractivity contribution is 6.04. The van der Waals surface area contributed by atoms with Gasteiger partial charge in [0.05, 0.1) is 13.2 Å². The van der Waals surface area contributed by atoms with Crippen LogP contribution >= 0.6 is 0 Å². The minimum absolute atomic E-state index is 0.118. The van der Waals surface area contributed by atoms with Crippen molar-refractivity contribution in [3.05, 3.63) is 77.1 Å². The molecule has 0 unspecified atom stereocenters. The van der Waals surface area contributed by atoms with Gasteiger partial charge in [-0.15, -0.1) is 0 Å². The first-order chi connectivity index (χ1) is 17.2. The highest BCUT2D eigenvalue weighted by atomic mass is 19.4. The maximum atomic E-state index is 13.0. The van der Waals surface area contributed by atoms with Gasteiger partial charge in [0.1, 0.15) is 17.0 Å². The second-order valence-corrected chi connectivity index (χ2v) is 9.23. The molecule has 3 aromatic rings. The fraction of sp³-hybridized carbons (Fsp3) is 0.333. The topological polar surface area (TPSA) is 72.5 Å². The summed E-state index contributed by atoms with van der Waals surface area (Å²) in [7, 11) is 0. The van der Waals surface area contributed by atoms with E-state index < -0.39 is 17.8 Å². The van der Waals surface area contributed by atoms with E-state index in [2.05, 4.69) is 15.6 Å². The van der Waals surface area contributed by atoms with E-state index in [0.717, 1.165) is 59.7 Å². The molecule has 36 heavy (non-hydrogen) atoms. The molecule has 0 bridgehead atoms. The van der Waals surface area contributed by atoms with Gasteiger partial charge in [0.2, 0.25) is 0 Å². The average Bonchev–Trinajstić information content (AvgIpc) is 3.03. The fourth-order valence-electron chi connectivity index (χ4n) is 4.62. The minimum atomic E-state index is -4.63. The van der Waals surface area contributed by atoms with Crippen LogP contribution in [0.2, 0.25) is 0 Å². The van der Waals surface area contributed by atoms with Crippen LogP contribution < -0.4 is 15.4 Å². The molecule has 0 aliphatic carbocycles. The Morgan fingerprint density at radius 3 is 2.67 bits per heavy atom. The van der Waals surface area contributed by atoms with Crippen LogP contribution in [0.4, 0.5) is 18.9 Å². The van der Waals surface area contributed by atoms with Crippen molar-refractivity contribution in [2.45, 2.75) is 38.1 Å². The number of nitrogens with one attached hydrogen (secondary N) is 2. The number of hydrogen-bond donors (Lipinski definition) is 2. The number of carbonyl (C=O) groups excluding carboxylic acids is 1. The van der Waals surface area contributed by atoms with Gasteiger partial charge >= 0.3 is 6.18 Å². The largest absolute Gasteiger partial charge is 0.485 e. The Balaban J connectivity index is 1.41. The number of amides is 1. The summed E-state index contributed by atoms with van der Waals surface area (Å²) in [6.45, 7) is 4.76. The van der Waals surface area contributed by atoms with E-state index in [9.17, 15) is 18.0 Å². The predicted octanol–water partition coefficient (Wildman–Crippen LogP) is 5.36. The second-order valence-electron chi connectivity index (χ2n) is 9.23. The van der Waals surface area contributed by atoms with Crippen molar-refractivity contribution in [3.8, 4) is 16.9 Å². The number of halogens is 3. The van der Waals surface area contributed by atoms with Gasteiger partial charge < -0.3 is 20.1 Å². The zero-order valence-corrected chi connectivity index (χ0v) is 19.7. The molecule has 5 rings (SSSR count). The van der Waals surface area contributed by atoms with E-state index in [1.54, 1.807) is 6.07 Å². The molecular formula is C27H26F3N3O3. The predicted molar refractivity (Wildman–Crippen MR) is 129 cm³/mol. The van der Waals surface area contributed by atoms with Crippen molar-refractivity contribution in [1.82, 2.24) is 10.3 Å². The summed E-state index contributed by atoms with van der Waals surface area (Å²) in [5, 5.41) is 6.20. The number of aryl methyl sites for hydroxylation is 1. The SMILES string of the molecule is Cc1ccc(NC(=O)c2ccnc(C(F)(F)F)c2)cc1-c1ccc2c(c1)OC1(CCOCC1)CNC2. The Labute approximate surface area is 206 Å². The number of nitrogens with zero attached hydrogens (tertiary/aromatic N) is 1. The van der Waals surface area contributed by atoms with Crippen molar-refractivity contribution in [2.24, 2.45) is 0 Å². The number of hydrogen-bond acceptors (Lipinski definition) is 5. The lowest BCUT2D eigenvalue weighted by Gasteiger charge is -2.36. The highest BCUT2D eigenvalue weighted by Crippen LogP contribution is 2.36. The molecule has 9 heteroatoms. The van der Waals surface area contributed by atoms with Crippen LogP contribution in [0, 0.1) is 6.92 Å². The summed E-state index contributed by atoms with van der Waals surface area (Å²) >= 11 is 0. The lowest BCUT2D eigenvalue weighted by molar-refractivity contribution is -0.141. The van der Waals surface area contributed by atoms with Crippen molar-refractivity contribution in [2.75, 3.05) is 25.1 Å². The van der Waals surface area contributed by atoms with E-state index in [4.69, 9.17) is 9.47 Å². The van der Waals surface area contributed by atoms with Crippen LogP contribution in [0.25, 0.3) is 11.1 Å². The Bertz CT molecular complexity index is 1290. The number of benzene rings is 2. The summed E-state index contributed by atoms with van der Waals surface area (Å²) in [4.78, 5) is 16.0. The molecule has 2 aliphatic rings. The number of fused-ring (bicyclic) bond motifs is 1. The number of alkyl halides is 3. The Kier molecular flexibility index (Phi) is 6.44. The van der Waals surface area contributed by atoms with E-state index in [1.807, 2.05) is 37.3 Å². The zero-order valence-electron chi connectivity index (χ0n) is 19.7. The third-order valence-corrected chi connectivity index (χ3v) is 6.68. The van der Waals surface area contributed by atoms with E-state index in [1.165, 1.54) is 6.07 Å². The molecule has 1 spiro atoms. The van der Waals surface area contributed by atoms with Gasteiger partial charge in [0, 0.05) is 48.9 Å². The van der Waals surface area contributed by atoms with Crippen LogP contribution in [0.3, 0.4) is 0 Å². The third kappa shape index (κ3) is 5.08. The third-order valence-electron chi connectivity index (χ3n) is 6.68. The standard InChI is InChI=1S/C27H26F3N3O3/c1-17-2-5-21(33-25(34)19-6-9-32-24(13-19)27(28,29)30)14-22(17)18-3-4-20-15-31-16-26(36-23(20)12-18)7-10-35-11-8-26/h2-6,9,12-14,31H,7-8,10-11,15-16H2,1H3,(H,33,34). The van der Waals surface area contributed by atoms with E-state index >= 15 is 0 Å². The molecule has 1 fully saturated rings. The number of aromatic nitrogens is 1. The van der Waals surface area contributed by atoms with Gasteiger partial charge in [0.25, 0.3) is 5.91 Å². The molecule has 1 amide bonds. The number of carbonyl (C=O) groups is 1. The Hall–Kier alpha value is -3.43. The zero-order chi connectivity index (χ0) is 25.3. The number of anilines is 1. The van der Waals surface area contributed by atoms with Crippen LogP contribution in [-0.4, -0.2) is 36.3 Å². The molecule has 2 aromatic carbocycles. The lowest BCUT2D eigenvalue weighted by Crippen LogP contribution is -2.48. The Morgan fingerprint density at radius 1 is 1.08 bits per heavy atom. The highest BCUT2D eigenvalue weighted by Gasteiger charge is 2.37. The number of rotatable bonds is 3. The van der Waals surface area contributed by atoms with Gasteiger partial charge in [-0.1, -0.05) is 18.2 Å². The molecular weight excluding hydrogens is 471 g/mol. The van der Waals surface area contributed by atoms with Gasteiger partial charge in [-0.25, -0.2) is 0 Å². The van der Waals surface area contributed by atoms with Crippen LogP contribution in [0.1, 0.15) is 40.0 Å². The summed E-state index contributed by atoms with van der Waals surface area (Å²) < 4.78 is 51.1. The van der Waals surface area contributed by atoms with Gasteiger partial charge in [-0.2, -0.15) is 13.2 Å². The first-order valence-electron chi connectivity index (χ1n) is 11.8. The number of ether oxygens (including phenoxy) is 2. The molecule has 2 N–H and O–H groups in total. The molecule has 6 nitrogen and oxygen atoms in total. The maximum Gasteiger partial charge on any atom is 0.433 e. The molecule has 2 aliphatic heterocycles. The van der Waals surface area contributed by atoms with Crippen molar-refractivity contribution in [1.29, 1.82) is 0 Å². The number of pyridine rings is 1. The van der Waals surface area contributed by atoms with Crippen molar-refractivity contribution < 1.29 is 27.4 Å². The summed E-state index contributed by atoms with van der Waals surface area (Å²) in [5.74, 6) is 0.181. The van der Waals surface area contributed by atoms with Crippen LogP contribution in [-0.2, 0) is 17.5 Å². The normalized spacial score (nSPS) is 17.1. The molecule has 1 aromatic heterocycles. The summed E-state index contributed by atoms with van der Waals surface area (Å²) in [6, 6.07) is 13.5. The molecule has 0 saturated carbocycles. The van der Waals surface area contributed by atoms with Crippen LogP contribution in [0.15, 0.2) is 54.7 Å². The molecule has 1 saturated heterocycles. The van der Waals surface area contributed by atoms with Gasteiger partial charge in [-0.3, -0.25) is 9.78 Å². The molecule has 0 atom stereocenters. The minimum Gasteiger partial charge on any atom is -0.485 e. The summed E-state index contributed by atoms with van der Waals surface area (Å²) in [5.41, 5.74) is 2.83. The Morgan fingerprint density at radius 2 is 1.89 bits per heavy atom. The smallest absolute Gasteiger partial charge is 0.433 e. The quantitative estimate of drug-likeness (QED) is 0.510. The second kappa shape index (κ2) is 9.55. The van der Waals surface area contributed by atoms with Gasteiger partial charge in [0.15, 0.2) is 0 Å². The van der Waals surface area contributed by atoms with Crippen molar-refractivity contribution in [3.63, 3.8) is 0 Å². The fourth-order valence-corrected chi connectivity index (χ4v) is 4.62. The maximum absolute atomic E-state index is 13.0. The van der Waals surface area contributed by atoms with Gasteiger partial charge in [-0.05, 0) is 53.9 Å². The van der Waals surface area contributed by atoms with E-state index in [-0.39, 0.29) is 11.2 Å².